The lowest BCUT2D eigenvalue weighted by Gasteiger charge is -2.14. The average molecular weight is 365 g/mol. The number of pyridine rings is 1. The molecule has 0 saturated carbocycles. The van der Waals surface area contributed by atoms with Gasteiger partial charge in [0.1, 0.15) is 23.0 Å². The molecule has 1 atom stereocenters. The van der Waals surface area contributed by atoms with Crippen LogP contribution in [-0.2, 0) is 11.2 Å². The molecule has 0 radical (unpaired) electrons. The van der Waals surface area contributed by atoms with Crippen molar-refractivity contribution in [2.24, 2.45) is 0 Å². The highest BCUT2D eigenvalue weighted by Crippen LogP contribution is 2.23. The van der Waals surface area contributed by atoms with Crippen molar-refractivity contribution in [1.29, 1.82) is 10.5 Å². The van der Waals surface area contributed by atoms with E-state index in [-0.39, 0.29) is 34.6 Å². The molecule has 0 saturated heterocycles. The molecule has 2 rings (SSSR count). The summed E-state index contributed by atoms with van der Waals surface area (Å²) < 4.78 is 0. The van der Waals surface area contributed by atoms with Gasteiger partial charge >= 0.3 is 0 Å². The molecule has 0 aliphatic heterocycles. The van der Waals surface area contributed by atoms with E-state index in [0.717, 1.165) is 24.6 Å². The normalized spacial score (nSPS) is 11.2. The van der Waals surface area contributed by atoms with E-state index < -0.39 is 0 Å². The van der Waals surface area contributed by atoms with Crippen molar-refractivity contribution in [3.63, 3.8) is 0 Å². The van der Waals surface area contributed by atoms with Crippen LogP contribution in [0.2, 0.25) is 0 Å². The van der Waals surface area contributed by atoms with E-state index in [9.17, 15) is 4.79 Å². The molecule has 2 aromatic rings. The van der Waals surface area contributed by atoms with Gasteiger partial charge in [-0.05, 0) is 31.4 Å². The fraction of sp³-hybridized carbons (Fsp3) is 0.263. The molecule has 1 aromatic carbocycles. The van der Waals surface area contributed by atoms with Crippen molar-refractivity contribution in [3.05, 3.63) is 53.1 Å². The van der Waals surface area contributed by atoms with Gasteiger partial charge in [-0.2, -0.15) is 10.5 Å². The highest BCUT2D eigenvalue weighted by atomic mass is 32.2. The van der Waals surface area contributed by atoms with Crippen LogP contribution in [0.4, 0.5) is 5.82 Å². The summed E-state index contributed by atoms with van der Waals surface area (Å²) in [7, 11) is 0. The summed E-state index contributed by atoms with van der Waals surface area (Å²) in [5, 5.41) is 21.4. The smallest absolute Gasteiger partial charge is 0.230 e. The van der Waals surface area contributed by atoms with Gasteiger partial charge in [-0.15, -0.1) is 0 Å². The molecule has 1 aromatic heterocycles. The summed E-state index contributed by atoms with van der Waals surface area (Å²) in [5.74, 6) is 0.0534. The summed E-state index contributed by atoms with van der Waals surface area (Å²) in [5.41, 5.74) is 7.31. The molecule has 7 heteroatoms. The van der Waals surface area contributed by atoms with Gasteiger partial charge in [0, 0.05) is 6.04 Å². The number of hydrogen-bond acceptors (Lipinski definition) is 6. The first-order valence-corrected chi connectivity index (χ1v) is 9.09. The number of nitrogens with one attached hydrogen (secondary N) is 1. The van der Waals surface area contributed by atoms with Crippen LogP contribution in [0.25, 0.3) is 0 Å². The highest BCUT2D eigenvalue weighted by Gasteiger charge is 2.13. The Morgan fingerprint density at radius 1 is 1.27 bits per heavy atom. The van der Waals surface area contributed by atoms with Gasteiger partial charge in [0.15, 0.2) is 0 Å². The van der Waals surface area contributed by atoms with Crippen LogP contribution in [0.1, 0.15) is 30.0 Å². The Labute approximate surface area is 157 Å². The van der Waals surface area contributed by atoms with Crippen molar-refractivity contribution < 1.29 is 4.79 Å². The number of anilines is 1. The number of nitrogens with two attached hydrogens (primary N) is 1. The number of nitrogens with zero attached hydrogens (tertiary/aromatic N) is 3. The number of benzene rings is 1. The van der Waals surface area contributed by atoms with Gasteiger partial charge in [-0.1, -0.05) is 42.1 Å². The van der Waals surface area contributed by atoms with Crippen LogP contribution < -0.4 is 11.1 Å². The van der Waals surface area contributed by atoms with E-state index in [2.05, 4.69) is 22.4 Å². The van der Waals surface area contributed by atoms with Gasteiger partial charge in [-0.3, -0.25) is 4.79 Å². The van der Waals surface area contributed by atoms with Crippen LogP contribution >= 0.6 is 11.8 Å². The molecule has 0 unspecified atom stereocenters. The van der Waals surface area contributed by atoms with Crippen LogP contribution in [0, 0.1) is 22.7 Å². The van der Waals surface area contributed by atoms with E-state index >= 15 is 0 Å². The first-order chi connectivity index (χ1) is 12.5. The summed E-state index contributed by atoms with van der Waals surface area (Å²) in [6, 6.07) is 15.4. The number of rotatable bonds is 7. The second-order valence-corrected chi connectivity index (χ2v) is 6.74. The number of amides is 1. The maximum Gasteiger partial charge on any atom is 0.230 e. The molecule has 0 aliphatic rings. The second kappa shape index (κ2) is 9.45. The summed E-state index contributed by atoms with van der Waals surface area (Å²) in [4.78, 5) is 16.2. The number of nitriles is 2. The minimum Gasteiger partial charge on any atom is -0.383 e. The second-order valence-electron chi connectivity index (χ2n) is 5.78. The fourth-order valence-corrected chi connectivity index (χ4v) is 3.11. The van der Waals surface area contributed by atoms with E-state index in [1.165, 1.54) is 11.6 Å². The molecule has 3 N–H and O–H groups in total. The summed E-state index contributed by atoms with van der Waals surface area (Å²) >= 11 is 1.13. The minimum atomic E-state index is -0.135. The number of hydrogen-bond donors (Lipinski definition) is 2. The highest BCUT2D eigenvalue weighted by molar-refractivity contribution is 8.00. The Hall–Kier alpha value is -3.03. The van der Waals surface area contributed by atoms with Gasteiger partial charge in [0.2, 0.25) is 5.91 Å². The van der Waals surface area contributed by atoms with Crippen molar-refractivity contribution in [2.45, 2.75) is 30.8 Å². The SMILES string of the molecule is C[C@H](CCc1ccccc1)NC(=O)CSc1nc(N)c(C#N)cc1C#N. The van der Waals surface area contributed by atoms with Gasteiger partial charge in [0.25, 0.3) is 0 Å². The first kappa shape index (κ1) is 19.3. The maximum absolute atomic E-state index is 12.1. The predicted molar refractivity (Wildman–Crippen MR) is 101 cm³/mol. The molecule has 1 heterocycles. The standard InChI is InChI=1S/C19H19N5OS/c1-13(7-8-14-5-3-2-4-6-14)23-17(25)12-26-19-16(11-21)9-15(10-20)18(22)24-19/h2-6,9,13H,7-8,12H2,1H3,(H2,22,24)(H,23,25)/t13-/m1/s1. The molecular formula is C19H19N5OS. The number of carbonyl (C=O) groups is 1. The van der Waals surface area contributed by atoms with Crippen LogP contribution in [0.3, 0.4) is 0 Å². The Morgan fingerprint density at radius 2 is 1.96 bits per heavy atom. The van der Waals surface area contributed by atoms with E-state index in [1.54, 1.807) is 0 Å². The summed E-state index contributed by atoms with van der Waals surface area (Å²) in [6.07, 6.45) is 1.73. The van der Waals surface area contributed by atoms with Crippen molar-refractivity contribution >= 4 is 23.5 Å². The molecule has 6 nitrogen and oxygen atoms in total. The average Bonchev–Trinajstić information content (AvgIpc) is 2.65. The van der Waals surface area contributed by atoms with Gasteiger partial charge in [0.05, 0.1) is 16.9 Å². The largest absolute Gasteiger partial charge is 0.383 e. The van der Waals surface area contributed by atoms with Gasteiger partial charge in [-0.25, -0.2) is 4.98 Å². The topological polar surface area (TPSA) is 116 Å². The van der Waals surface area contributed by atoms with Crippen molar-refractivity contribution in [1.82, 2.24) is 10.3 Å². The molecule has 1 amide bonds. The van der Waals surface area contributed by atoms with Crippen LogP contribution in [-0.4, -0.2) is 22.7 Å². The third kappa shape index (κ3) is 5.51. The lowest BCUT2D eigenvalue weighted by molar-refractivity contribution is -0.119. The number of nitrogen functional groups attached to an aromatic ring is 1. The molecule has 0 bridgehead atoms. The van der Waals surface area contributed by atoms with E-state index in [1.807, 2.05) is 37.3 Å². The summed E-state index contributed by atoms with van der Waals surface area (Å²) in [6.45, 7) is 1.96. The quantitative estimate of drug-likeness (QED) is 0.729. The zero-order valence-electron chi connectivity index (χ0n) is 14.4. The molecule has 0 spiro atoms. The number of aromatic nitrogens is 1. The molecule has 26 heavy (non-hydrogen) atoms. The molecule has 132 valence electrons. The lowest BCUT2D eigenvalue weighted by atomic mass is 10.1. The van der Waals surface area contributed by atoms with Crippen LogP contribution in [0.15, 0.2) is 41.4 Å². The van der Waals surface area contributed by atoms with Gasteiger partial charge < -0.3 is 11.1 Å². The Morgan fingerprint density at radius 3 is 2.62 bits per heavy atom. The third-order valence-corrected chi connectivity index (χ3v) is 4.71. The van der Waals surface area contributed by atoms with E-state index in [4.69, 9.17) is 16.3 Å². The Bertz CT molecular complexity index is 855. The van der Waals surface area contributed by atoms with E-state index in [0.29, 0.717) is 5.03 Å². The zero-order valence-corrected chi connectivity index (χ0v) is 15.2. The maximum atomic E-state index is 12.1. The number of carbonyl (C=O) groups excluding carboxylic acids is 1. The Kier molecular flexibility index (Phi) is 7.02. The minimum absolute atomic E-state index is 0.0396. The zero-order chi connectivity index (χ0) is 18.9. The lowest BCUT2D eigenvalue weighted by Crippen LogP contribution is -2.34. The molecule has 0 fully saturated rings. The third-order valence-electron chi connectivity index (χ3n) is 3.71. The molecular weight excluding hydrogens is 346 g/mol. The van der Waals surface area contributed by atoms with Crippen molar-refractivity contribution in [2.75, 3.05) is 11.5 Å². The Balaban J connectivity index is 1.86. The van der Waals surface area contributed by atoms with Crippen molar-refractivity contribution in [3.8, 4) is 12.1 Å². The fourth-order valence-electron chi connectivity index (χ4n) is 2.34. The number of aryl methyl sites for hydroxylation is 1. The monoisotopic (exact) mass is 365 g/mol. The predicted octanol–water partition coefficient (Wildman–Crippen LogP) is 2.64. The number of thioether (sulfide) groups is 1. The van der Waals surface area contributed by atoms with Crippen LogP contribution in [0.5, 0.6) is 0 Å². The molecule has 0 aliphatic carbocycles. The first-order valence-electron chi connectivity index (χ1n) is 8.10.